The molecule has 2 unspecified atom stereocenters. The summed E-state index contributed by atoms with van der Waals surface area (Å²) in [4.78, 5) is 12.0. The molecule has 1 aromatic carbocycles. The fourth-order valence-corrected chi connectivity index (χ4v) is 2.65. The van der Waals surface area contributed by atoms with Crippen molar-refractivity contribution in [2.45, 2.75) is 58.2 Å². The van der Waals surface area contributed by atoms with Crippen molar-refractivity contribution in [1.29, 1.82) is 0 Å². The molecule has 4 heteroatoms. The second-order valence-corrected chi connectivity index (χ2v) is 6.02. The molecule has 0 spiro atoms. The van der Waals surface area contributed by atoms with Crippen LogP contribution in [0.15, 0.2) is 24.3 Å². The molecule has 0 radical (unpaired) electrons. The molecule has 0 aliphatic carbocycles. The van der Waals surface area contributed by atoms with Crippen LogP contribution in [0, 0.1) is 0 Å². The first-order chi connectivity index (χ1) is 10.0. The molecule has 1 heterocycles. The second kappa shape index (κ2) is 7.46. The van der Waals surface area contributed by atoms with Gasteiger partial charge in [0.15, 0.2) is 0 Å². The van der Waals surface area contributed by atoms with E-state index in [1.807, 2.05) is 45.0 Å². The quantitative estimate of drug-likeness (QED) is 0.847. The molecule has 1 fully saturated rings. The predicted octanol–water partition coefficient (Wildman–Crippen LogP) is 2.79. The molecular weight excluding hydrogens is 264 g/mol. The van der Waals surface area contributed by atoms with Crippen LogP contribution >= 0.6 is 0 Å². The van der Waals surface area contributed by atoms with E-state index < -0.39 is 0 Å². The summed E-state index contributed by atoms with van der Waals surface area (Å²) in [6, 6.07) is 8.30. The molecule has 1 saturated heterocycles. The number of nitrogens with one attached hydrogen (secondary N) is 2. The minimum atomic E-state index is 0.0204. The summed E-state index contributed by atoms with van der Waals surface area (Å²) in [6.07, 6.45) is 3.01. The Balaban J connectivity index is 1.84. The lowest BCUT2D eigenvalue weighted by Crippen LogP contribution is -2.33. The Morgan fingerprint density at radius 2 is 2.05 bits per heavy atom. The van der Waals surface area contributed by atoms with Crippen molar-refractivity contribution < 1.29 is 9.53 Å². The van der Waals surface area contributed by atoms with Gasteiger partial charge >= 0.3 is 0 Å². The summed E-state index contributed by atoms with van der Waals surface area (Å²) in [5, 5.41) is 6.41. The van der Waals surface area contributed by atoms with Crippen LogP contribution in [0.4, 0.5) is 0 Å². The van der Waals surface area contributed by atoms with Gasteiger partial charge in [0, 0.05) is 12.5 Å². The summed E-state index contributed by atoms with van der Waals surface area (Å²) in [6.45, 7) is 7.06. The van der Waals surface area contributed by atoms with Gasteiger partial charge in [0.05, 0.1) is 12.1 Å². The van der Waals surface area contributed by atoms with Gasteiger partial charge in [-0.3, -0.25) is 4.79 Å². The van der Waals surface area contributed by atoms with Crippen LogP contribution in [0.3, 0.4) is 0 Å². The molecule has 2 rings (SSSR count). The van der Waals surface area contributed by atoms with Gasteiger partial charge in [0.2, 0.25) is 5.91 Å². The molecule has 1 amide bonds. The van der Waals surface area contributed by atoms with Gasteiger partial charge < -0.3 is 15.4 Å². The maximum absolute atomic E-state index is 12.0. The number of benzene rings is 1. The average molecular weight is 290 g/mol. The smallest absolute Gasteiger partial charge is 0.222 e. The van der Waals surface area contributed by atoms with E-state index in [4.69, 9.17) is 4.74 Å². The second-order valence-electron chi connectivity index (χ2n) is 6.02. The summed E-state index contributed by atoms with van der Waals surface area (Å²) in [7, 11) is 0. The Morgan fingerprint density at radius 3 is 2.62 bits per heavy atom. The molecule has 1 aromatic rings. The highest BCUT2D eigenvalue weighted by Crippen LogP contribution is 2.19. The first-order valence-electron chi connectivity index (χ1n) is 7.84. The number of carbonyl (C=O) groups excluding carboxylic acids is 1. The summed E-state index contributed by atoms with van der Waals surface area (Å²) < 4.78 is 5.62. The molecule has 4 nitrogen and oxygen atoms in total. The SMILES string of the molecule is CC(C)Oc1ccc(C(C)NC(=O)CC2CCCN2)cc1. The van der Waals surface area contributed by atoms with Gasteiger partial charge in [0.25, 0.3) is 0 Å². The maximum atomic E-state index is 12.0. The monoisotopic (exact) mass is 290 g/mol. The third kappa shape index (κ3) is 5.05. The van der Waals surface area contributed by atoms with Crippen molar-refractivity contribution in [3.63, 3.8) is 0 Å². The molecule has 0 bridgehead atoms. The minimum absolute atomic E-state index is 0.0204. The van der Waals surface area contributed by atoms with Crippen molar-refractivity contribution in [3.8, 4) is 5.75 Å². The Morgan fingerprint density at radius 1 is 1.33 bits per heavy atom. The number of carbonyl (C=O) groups is 1. The molecule has 21 heavy (non-hydrogen) atoms. The fourth-order valence-electron chi connectivity index (χ4n) is 2.65. The average Bonchev–Trinajstić information content (AvgIpc) is 2.91. The Bertz CT molecular complexity index is 450. The van der Waals surface area contributed by atoms with Gasteiger partial charge in [0.1, 0.15) is 5.75 Å². The van der Waals surface area contributed by atoms with Gasteiger partial charge in [-0.2, -0.15) is 0 Å². The van der Waals surface area contributed by atoms with Crippen LogP contribution in [0.1, 0.15) is 51.6 Å². The Hall–Kier alpha value is -1.55. The molecular formula is C17H26N2O2. The lowest BCUT2D eigenvalue weighted by Gasteiger charge is -2.17. The molecule has 116 valence electrons. The largest absolute Gasteiger partial charge is 0.491 e. The third-order valence-corrected chi connectivity index (χ3v) is 3.72. The lowest BCUT2D eigenvalue weighted by atomic mass is 10.1. The Kier molecular flexibility index (Phi) is 5.62. The minimum Gasteiger partial charge on any atom is -0.491 e. The van der Waals surface area contributed by atoms with Crippen LogP contribution in [0.2, 0.25) is 0 Å². The maximum Gasteiger partial charge on any atom is 0.222 e. The molecule has 2 atom stereocenters. The summed E-state index contributed by atoms with van der Waals surface area (Å²) in [5.74, 6) is 0.979. The highest BCUT2D eigenvalue weighted by molar-refractivity contribution is 5.77. The van der Waals surface area contributed by atoms with E-state index in [1.165, 1.54) is 6.42 Å². The summed E-state index contributed by atoms with van der Waals surface area (Å²) in [5.41, 5.74) is 1.10. The normalized spacial score (nSPS) is 19.5. The van der Waals surface area contributed by atoms with Crippen LogP contribution in [-0.4, -0.2) is 24.6 Å². The number of ether oxygens (including phenoxy) is 1. The molecule has 1 aliphatic heterocycles. The topological polar surface area (TPSA) is 50.4 Å². The van der Waals surface area contributed by atoms with E-state index in [2.05, 4.69) is 10.6 Å². The number of rotatable bonds is 6. The van der Waals surface area contributed by atoms with Gasteiger partial charge in [-0.15, -0.1) is 0 Å². The van der Waals surface area contributed by atoms with Crippen LogP contribution in [0.5, 0.6) is 5.75 Å². The van der Waals surface area contributed by atoms with E-state index in [1.54, 1.807) is 0 Å². The molecule has 1 aliphatic rings. The van der Waals surface area contributed by atoms with Crippen LogP contribution in [0.25, 0.3) is 0 Å². The molecule has 0 aromatic heterocycles. The van der Waals surface area contributed by atoms with Crippen molar-refractivity contribution in [2.75, 3.05) is 6.54 Å². The predicted molar refractivity (Wildman–Crippen MR) is 84.4 cm³/mol. The van der Waals surface area contributed by atoms with E-state index in [-0.39, 0.29) is 18.1 Å². The van der Waals surface area contributed by atoms with Crippen LogP contribution in [-0.2, 0) is 4.79 Å². The van der Waals surface area contributed by atoms with Crippen LogP contribution < -0.4 is 15.4 Å². The highest BCUT2D eigenvalue weighted by Gasteiger charge is 2.18. The summed E-state index contributed by atoms with van der Waals surface area (Å²) >= 11 is 0. The standard InChI is InChI=1S/C17H26N2O2/c1-12(2)21-16-8-6-14(7-9-16)13(3)19-17(20)11-15-5-4-10-18-15/h6-9,12-13,15,18H,4-5,10-11H2,1-3H3,(H,19,20). The van der Waals surface area contributed by atoms with Crippen molar-refractivity contribution in [2.24, 2.45) is 0 Å². The number of hydrogen-bond acceptors (Lipinski definition) is 3. The van der Waals surface area contributed by atoms with Crippen molar-refractivity contribution in [1.82, 2.24) is 10.6 Å². The van der Waals surface area contributed by atoms with Gasteiger partial charge in [-0.1, -0.05) is 12.1 Å². The molecule has 0 saturated carbocycles. The van der Waals surface area contributed by atoms with E-state index in [9.17, 15) is 4.79 Å². The van der Waals surface area contributed by atoms with Gasteiger partial charge in [-0.25, -0.2) is 0 Å². The molecule has 2 N–H and O–H groups in total. The highest BCUT2D eigenvalue weighted by atomic mass is 16.5. The number of hydrogen-bond donors (Lipinski definition) is 2. The zero-order chi connectivity index (χ0) is 15.2. The van der Waals surface area contributed by atoms with Crippen molar-refractivity contribution in [3.05, 3.63) is 29.8 Å². The zero-order valence-electron chi connectivity index (χ0n) is 13.2. The number of amides is 1. The lowest BCUT2D eigenvalue weighted by molar-refractivity contribution is -0.122. The van der Waals surface area contributed by atoms with E-state index in [0.29, 0.717) is 12.5 Å². The third-order valence-electron chi connectivity index (χ3n) is 3.72. The first-order valence-corrected chi connectivity index (χ1v) is 7.84. The fraction of sp³-hybridized carbons (Fsp3) is 0.588. The van der Waals surface area contributed by atoms with Gasteiger partial charge in [-0.05, 0) is 57.9 Å². The Labute approximate surface area is 127 Å². The first kappa shape index (κ1) is 15.8. The van der Waals surface area contributed by atoms with E-state index >= 15 is 0 Å². The van der Waals surface area contributed by atoms with Crippen molar-refractivity contribution >= 4 is 5.91 Å². The zero-order valence-corrected chi connectivity index (χ0v) is 13.2. The van der Waals surface area contributed by atoms with E-state index in [0.717, 1.165) is 24.3 Å².